The van der Waals surface area contributed by atoms with E-state index in [2.05, 4.69) is 5.32 Å². The van der Waals surface area contributed by atoms with Gasteiger partial charge in [0, 0.05) is 24.5 Å². The Morgan fingerprint density at radius 3 is 2.81 bits per heavy atom. The van der Waals surface area contributed by atoms with Crippen LogP contribution in [0.3, 0.4) is 0 Å². The molecule has 0 bridgehead atoms. The lowest BCUT2D eigenvalue weighted by molar-refractivity contribution is 0.0692. The number of sulfonamides is 1. The van der Waals surface area contributed by atoms with E-state index in [0.717, 1.165) is 16.2 Å². The molecule has 21 heavy (non-hydrogen) atoms. The first kappa shape index (κ1) is 14.9. The molecule has 9 heteroatoms. The second-order valence-electron chi connectivity index (χ2n) is 5.20. The number of thiophene rings is 1. The number of fused-ring (bicyclic) bond motifs is 1. The number of aliphatic hydroxyl groups excluding tert-OH is 1. The van der Waals surface area contributed by atoms with E-state index in [-0.39, 0.29) is 22.9 Å². The Kier molecular flexibility index (Phi) is 3.78. The molecule has 1 fully saturated rings. The summed E-state index contributed by atoms with van der Waals surface area (Å²) in [7, 11) is -3.86. The molecule has 3 heterocycles. The van der Waals surface area contributed by atoms with Crippen LogP contribution < -0.4 is 5.32 Å². The van der Waals surface area contributed by atoms with E-state index in [1.807, 2.05) is 0 Å². The van der Waals surface area contributed by atoms with Gasteiger partial charge in [-0.25, -0.2) is 13.2 Å². The first-order chi connectivity index (χ1) is 9.91. The Labute approximate surface area is 126 Å². The van der Waals surface area contributed by atoms with Crippen LogP contribution in [0.25, 0.3) is 0 Å². The Morgan fingerprint density at radius 1 is 1.43 bits per heavy atom. The number of aliphatic hydroxyl groups is 1. The summed E-state index contributed by atoms with van der Waals surface area (Å²) in [6.07, 6.45) is 0.226. The van der Waals surface area contributed by atoms with Gasteiger partial charge in [0.05, 0.1) is 11.7 Å². The monoisotopic (exact) mass is 332 g/mol. The van der Waals surface area contributed by atoms with E-state index in [1.165, 1.54) is 4.31 Å². The van der Waals surface area contributed by atoms with Crippen molar-refractivity contribution >= 4 is 27.3 Å². The van der Waals surface area contributed by atoms with Crippen molar-refractivity contribution in [3.05, 3.63) is 16.0 Å². The summed E-state index contributed by atoms with van der Waals surface area (Å²) in [6, 6.07) is 0. The molecular weight excluding hydrogens is 316 g/mol. The quantitative estimate of drug-likeness (QED) is 0.710. The van der Waals surface area contributed by atoms with Crippen molar-refractivity contribution in [3.63, 3.8) is 0 Å². The maximum atomic E-state index is 12.7. The molecule has 116 valence electrons. The minimum Gasteiger partial charge on any atom is -0.478 e. The topological polar surface area (TPSA) is 107 Å². The molecule has 2 aliphatic heterocycles. The number of nitrogens with one attached hydrogen (secondary N) is 1. The highest BCUT2D eigenvalue weighted by molar-refractivity contribution is 7.91. The molecule has 1 aromatic heterocycles. The molecule has 0 aliphatic carbocycles. The van der Waals surface area contributed by atoms with Crippen LogP contribution in [0.5, 0.6) is 0 Å². The van der Waals surface area contributed by atoms with Crippen LogP contribution in [0.15, 0.2) is 4.21 Å². The number of hydrogen-bond acceptors (Lipinski definition) is 6. The van der Waals surface area contributed by atoms with Gasteiger partial charge in [0.1, 0.15) is 4.21 Å². The zero-order valence-corrected chi connectivity index (χ0v) is 12.8. The van der Waals surface area contributed by atoms with Crippen LogP contribution in [0.1, 0.15) is 27.2 Å². The number of carboxylic acid groups (broad SMARTS) is 1. The van der Waals surface area contributed by atoms with Gasteiger partial charge in [-0.1, -0.05) is 0 Å². The SMILES string of the molecule is O=C(O)c1c(S(=O)(=O)N2CC[C@H](O)C2)sc2c1CCNC2. The third-order valence-corrected chi connectivity index (χ3v) is 7.40. The molecule has 0 spiro atoms. The standard InChI is InChI=1S/C12H16N2O5S2/c15-7-2-4-14(6-7)21(18,19)12-10(11(16)17)8-1-3-13-5-9(8)20-12/h7,13,15H,1-6H2,(H,16,17)/t7-/m0/s1. The molecule has 7 nitrogen and oxygen atoms in total. The van der Waals surface area contributed by atoms with Crippen molar-refractivity contribution in [2.45, 2.75) is 29.7 Å². The number of β-amino-alcohol motifs (C(OH)–C–C–N with tert-alkyl or cyclic N) is 1. The molecule has 2 aliphatic rings. The number of carbonyl (C=O) groups is 1. The lowest BCUT2D eigenvalue weighted by Gasteiger charge is -2.15. The van der Waals surface area contributed by atoms with Crippen molar-refractivity contribution in [3.8, 4) is 0 Å². The minimum absolute atomic E-state index is 0.0300. The van der Waals surface area contributed by atoms with E-state index >= 15 is 0 Å². The predicted octanol–water partition coefficient (Wildman–Crippen LogP) is -0.153. The van der Waals surface area contributed by atoms with Gasteiger partial charge >= 0.3 is 5.97 Å². The van der Waals surface area contributed by atoms with Crippen LogP contribution in [-0.2, 0) is 23.0 Å². The summed E-state index contributed by atoms with van der Waals surface area (Å²) in [4.78, 5) is 12.3. The molecule has 3 rings (SSSR count). The van der Waals surface area contributed by atoms with Crippen LogP contribution in [0, 0.1) is 0 Å². The normalized spacial score (nSPS) is 23.2. The maximum absolute atomic E-state index is 12.7. The molecular formula is C12H16N2O5S2. The molecule has 3 N–H and O–H groups in total. The van der Waals surface area contributed by atoms with Gasteiger partial charge in [0.15, 0.2) is 0 Å². The van der Waals surface area contributed by atoms with Crippen molar-refractivity contribution in [2.75, 3.05) is 19.6 Å². The molecule has 0 radical (unpaired) electrons. The van der Waals surface area contributed by atoms with E-state index < -0.39 is 22.1 Å². The van der Waals surface area contributed by atoms with Gasteiger partial charge in [-0.05, 0) is 24.9 Å². The Morgan fingerprint density at radius 2 is 2.19 bits per heavy atom. The first-order valence-corrected chi connectivity index (χ1v) is 8.93. The van der Waals surface area contributed by atoms with Crippen LogP contribution >= 0.6 is 11.3 Å². The Bertz CT molecular complexity index is 682. The molecule has 1 atom stereocenters. The fourth-order valence-corrected chi connectivity index (χ4v) is 6.25. The highest BCUT2D eigenvalue weighted by atomic mass is 32.2. The molecule has 1 aromatic rings. The zero-order valence-electron chi connectivity index (χ0n) is 11.2. The van der Waals surface area contributed by atoms with Gasteiger partial charge in [0.25, 0.3) is 10.0 Å². The van der Waals surface area contributed by atoms with Crippen molar-refractivity contribution in [1.29, 1.82) is 0 Å². The van der Waals surface area contributed by atoms with E-state index in [0.29, 0.717) is 31.5 Å². The molecule has 1 saturated heterocycles. The van der Waals surface area contributed by atoms with Crippen molar-refractivity contribution in [2.24, 2.45) is 0 Å². The van der Waals surface area contributed by atoms with Crippen LogP contribution in [0.2, 0.25) is 0 Å². The highest BCUT2D eigenvalue weighted by Gasteiger charge is 2.38. The number of rotatable bonds is 3. The van der Waals surface area contributed by atoms with Gasteiger partial charge in [-0.2, -0.15) is 4.31 Å². The van der Waals surface area contributed by atoms with Crippen molar-refractivity contribution < 1.29 is 23.4 Å². The Hall–Kier alpha value is -1.00. The first-order valence-electron chi connectivity index (χ1n) is 6.68. The second-order valence-corrected chi connectivity index (χ2v) is 8.44. The van der Waals surface area contributed by atoms with Crippen LogP contribution in [-0.4, -0.2) is 54.6 Å². The van der Waals surface area contributed by atoms with E-state index in [9.17, 15) is 23.4 Å². The summed E-state index contributed by atoms with van der Waals surface area (Å²) in [6.45, 7) is 1.40. The van der Waals surface area contributed by atoms with Crippen molar-refractivity contribution in [1.82, 2.24) is 9.62 Å². The van der Waals surface area contributed by atoms with E-state index in [4.69, 9.17) is 0 Å². The third kappa shape index (κ3) is 2.49. The predicted molar refractivity (Wildman–Crippen MR) is 76.1 cm³/mol. The highest BCUT2D eigenvalue weighted by Crippen LogP contribution is 2.36. The number of carboxylic acids is 1. The van der Waals surface area contributed by atoms with Gasteiger partial charge in [0.2, 0.25) is 0 Å². The smallest absolute Gasteiger partial charge is 0.338 e. The number of nitrogens with zero attached hydrogens (tertiary/aromatic N) is 1. The van der Waals surface area contributed by atoms with Gasteiger partial charge in [-0.15, -0.1) is 11.3 Å². The summed E-state index contributed by atoms with van der Waals surface area (Å²) >= 11 is 1.03. The average Bonchev–Trinajstić information content (AvgIpc) is 3.02. The number of aromatic carboxylic acids is 1. The van der Waals surface area contributed by atoms with Gasteiger partial charge < -0.3 is 15.5 Å². The summed E-state index contributed by atoms with van der Waals surface area (Å²) in [5.41, 5.74) is 0.544. The lowest BCUT2D eigenvalue weighted by Crippen LogP contribution is -2.30. The number of hydrogen-bond donors (Lipinski definition) is 3. The van der Waals surface area contributed by atoms with Crippen LogP contribution in [0.4, 0.5) is 0 Å². The maximum Gasteiger partial charge on any atom is 0.338 e. The lowest BCUT2D eigenvalue weighted by atomic mass is 10.1. The largest absolute Gasteiger partial charge is 0.478 e. The fraction of sp³-hybridized carbons (Fsp3) is 0.583. The third-order valence-electron chi connectivity index (χ3n) is 3.81. The summed E-state index contributed by atoms with van der Waals surface area (Å²) in [5.74, 6) is -1.20. The molecule has 0 saturated carbocycles. The average molecular weight is 332 g/mol. The minimum atomic E-state index is -3.86. The van der Waals surface area contributed by atoms with E-state index in [1.54, 1.807) is 0 Å². The second kappa shape index (κ2) is 5.33. The fourth-order valence-electron chi connectivity index (χ4n) is 2.75. The molecule has 0 aromatic carbocycles. The Balaban J connectivity index is 2.09. The molecule has 0 amide bonds. The molecule has 0 unspecified atom stereocenters. The van der Waals surface area contributed by atoms with Gasteiger partial charge in [-0.3, -0.25) is 0 Å². The summed E-state index contributed by atoms with van der Waals surface area (Å²) in [5, 5.41) is 22.1. The zero-order chi connectivity index (χ0) is 15.2. The summed E-state index contributed by atoms with van der Waals surface area (Å²) < 4.78 is 26.4.